The van der Waals surface area contributed by atoms with Gasteiger partial charge in [-0.1, -0.05) is 6.07 Å². The van der Waals surface area contributed by atoms with Crippen LogP contribution in [0.25, 0.3) is 0 Å². The van der Waals surface area contributed by atoms with E-state index in [4.69, 9.17) is 5.84 Å². The maximum absolute atomic E-state index is 11.1. The lowest BCUT2D eigenvalue weighted by atomic mass is 10.2. The summed E-state index contributed by atoms with van der Waals surface area (Å²) in [4.78, 5) is 10.6. The average molecular weight is 276 g/mol. The van der Waals surface area contributed by atoms with Crippen LogP contribution in [-0.2, 0) is 6.54 Å². The zero-order valence-electron chi connectivity index (χ0n) is 11.0. The number of nitrogens with two attached hydrogens (primary N) is 1. The van der Waals surface area contributed by atoms with Crippen LogP contribution >= 0.6 is 0 Å². The zero-order valence-corrected chi connectivity index (χ0v) is 11.0. The van der Waals surface area contributed by atoms with E-state index in [1.54, 1.807) is 29.1 Å². The van der Waals surface area contributed by atoms with Crippen molar-refractivity contribution < 1.29 is 4.92 Å². The highest BCUT2D eigenvalue weighted by molar-refractivity contribution is 5.75. The monoisotopic (exact) mass is 276 g/mol. The van der Waals surface area contributed by atoms with Gasteiger partial charge < -0.3 is 10.7 Å². The van der Waals surface area contributed by atoms with E-state index in [2.05, 4.69) is 15.8 Å². The van der Waals surface area contributed by atoms with E-state index in [9.17, 15) is 10.1 Å². The topological polar surface area (TPSA) is 111 Å². The van der Waals surface area contributed by atoms with Gasteiger partial charge in [-0.05, 0) is 24.6 Å². The minimum absolute atomic E-state index is 0.0633. The van der Waals surface area contributed by atoms with Crippen LogP contribution in [-0.4, -0.2) is 21.2 Å². The lowest BCUT2D eigenvalue weighted by molar-refractivity contribution is -0.383. The number of nitro benzene ring substituents is 1. The largest absolute Gasteiger partial charge is 0.378 e. The number of nitrogens with one attached hydrogen (secondary N) is 2. The molecule has 0 saturated heterocycles. The highest BCUT2D eigenvalue weighted by Gasteiger charge is 2.18. The number of para-hydroxylation sites is 1. The molecule has 0 aliphatic carbocycles. The summed E-state index contributed by atoms with van der Waals surface area (Å²) in [7, 11) is 0. The van der Waals surface area contributed by atoms with E-state index < -0.39 is 4.92 Å². The second-order valence-electron chi connectivity index (χ2n) is 4.31. The summed E-state index contributed by atoms with van der Waals surface area (Å²) in [6.07, 6.45) is 3.68. The van der Waals surface area contributed by atoms with Crippen LogP contribution in [0.1, 0.15) is 5.56 Å². The van der Waals surface area contributed by atoms with Crippen molar-refractivity contribution in [2.24, 2.45) is 5.84 Å². The maximum atomic E-state index is 11.1. The van der Waals surface area contributed by atoms with Gasteiger partial charge in [0.15, 0.2) is 0 Å². The van der Waals surface area contributed by atoms with E-state index >= 15 is 0 Å². The number of nitrogens with zero attached hydrogens (tertiary/aromatic N) is 3. The molecule has 1 heterocycles. The number of nitrogen functional groups attached to an aromatic ring is 1. The Kier molecular flexibility index (Phi) is 4.16. The van der Waals surface area contributed by atoms with Gasteiger partial charge in [0.25, 0.3) is 0 Å². The van der Waals surface area contributed by atoms with Crippen molar-refractivity contribution in [3.05, 3.63) is 46.3 Å². The first-order valence-corrected chi connectivity index (χ1v) is 6.08. The summed E-state index contributed by atoms with van der Waals surface area (Å²) in [6.45, 7) is 3.10. The smallest absolute Gasteiger partial charge is 0.316 e. The van der Waals surface area contributed by atoms with Gasteiger partial charge in [0, 0.05) is 12.7 Å². The third kappa shape index (κ3) is 3.04. The predicted octanol–water partition coefficient (Wildman–Crippen LogP) is 1.50. The Labute approximate surface area is 115 Å². The van der Waals surface area contributed by atoms with Crippen LogP contribution in [0.4, 0.5) is 17.1 Å². The van der Waals surface area contributed by atoms with Gasteiger partial charge in [-0.3, -0.25) is 20.6 Å². The van der Waals surface area contributed by atoms with Gasteiger partial charge in [0.1, 0.15) is 11.4 Å². The van der Waals surface area contributed by atoms with Gasteiger partial charge in [-0.15, -0.1) is 0 Å². The van der Waals surface area contributed by atoms with Gasteiger partial charge in [0.05, 0.1) is 17.7 Å². The molecule has 0 amide bonds. The molecule has 106 valence electrons. The predicted molar refractivity (Wildman–Crippen MR) is 76.4 cm³/mol. The Bertz CT molecular complexity index is 610. The van der Waals surface area contributed by atoms with Gasteiger partial charge in [-0.2, -0.15) is 5.10 Å². The zero-order chi connectivity index (χ0) is 14.5. The summed E-state index contributed by atoms with van der Waals surface area (Å²) >= 11 is 0. The molecule has 0 spiro atoms. The van der Waals surface area contributed by atoms with Gasteiger partial charge >= 0.3 is 5.69 Å². The van der Waals surface area contributed by atoms with Crippen molar-refractivity contribution in [3.63, 3.8) is 0 Å². The van der Waals surface area contributed by atoms with Crippen molar-refractivity contribution in [1.82, 2.24) is 9.78 Å². The molecule has 8 heteroatoms. The fourth-order valence-electron chi connectivity index (χ4n) is 1.89. The standard InChI is InChI=1S/C12H16N6O2/c1-9-7-15-17(8-9)6-5-14-10-3-2-4-11(16-13)12(10)18(19)20/h2-4,7-8,14,16H,5-6,13H2,1H3. The SMILES string of the molecule is Cc1cnn(CCNc2cccc(NN)c2[N+](=O)[O-])c1. The van der Waals surface area contributed by atoms with E-state index in [0.29, 0.717) is 18.8 Å². The number of hydrogen-bond acceptors (Lipinski definition) is 6. The summed E-state index contributed by atoms with van der Waals surface area (Å²) < 4.78 is 1.78. The van der Waals surface area contributed by atoms with Crippen LogP contribution in [0.15, 0.2) is 30.6 Å². The number of hydrazine groups is 1. The van der Waals surface area contributed by atoms with Crippen LogP contribution in [0.3, 0.4) is 0 Å². The van der Waals surface area contributed by atoms with Crippen LogP contribution in [0.2, 0.25) is 0 Å². The van der Waals surface area contributed by atoms with E-state index in [0.717, 1.165) is 5.56 Å². The molecule has 0 atom stereocenters. The molecule has 1 aromatic heterocycles. The molecule has 0 bridgehead atoms. The van der Waals surface area contributed by atoms with Crippen LogP contribution < -0.4 is 16.6 Å². The molecule has 8 nitrogen and oxygen atoms in total. The molecule has 0 unspecified atom stereocenters. The van der Waals surface area contributed by atoms with Crippen molar-refractivity contribution in [2.75, 3.05) is 17.3 Å². The normalized spacial score (nSPS) is 10.3. The molecule has 0 saturated carbocycles. The van der Waals surface area contributed by atoms with Gasteiger partial charge in [-0.25, -0.2) is 0 Å². The number of aromatic nitrogens is 2. The molecular weight excluding hydrogens is 260 g/mol. The van der Waals surface area contributed by atoms with Crippen molar-refractivity contribution in [3.8, 4) is 0 Å². The molecule has 2 rings (SSSR count). The van der Waals surface area contributed by atoms with Crippen LogP contribution in [0.5, 0.6) is 0 Å². The summed E-state index contributed by atoms with van der Waals surface area (Å²) in [5.41, 5.74) is 4.04. The first-order valence-electron chi connectivity index (χ1n) is 6.08. The lowest BCUT2D eigenvalue weighted by Gasteiger charge is -2.09. The Morgan fingerprint density at radius 1 is 1.45 bits per heavy atom. The number of hydrogen-bond donors (Lipinski definition) is 3. The third-order valence-electron chi connectivity index (χ3n) is 2.79. The molecule has 0 radical (unpaired) electrons. The van der Waals surface area contributed by atoms with E-state index in [1.807, 2.05) is 13.1 Å². The van der Waals surface area contributed by atoms with E-state index in [-0.39, 0.29) is 11.4 Å². The molecule has 2 aromatic rings. The second-order valence-corrected chi connectivity index (χ2v) is 4.31. The third-order valence-corrected chi connectivity index (χ3v) is 2.79. The molecule has 4 N–H and O–H groups in total. The fraction of sp³-hybridized carbons (Fsp3) is 0.250. The number of nitro groups is 1. The highest BCUT2D eigenvalue weighted by atomic mass is 16.6. The Morgan fingerprint density at radius 2 is 2.20 bits per heavy atom. The second kappa shape index (κ2) is 6.02. The summed E-state index contributed by atoms with van der Waals surface area (Å²) in [5.74, 6) is 5.28. The quantitative estimate of drug-likeness (QED) is 0.419. The van der Waals surface area contributed by atoms with Crippen molar-refractivity contribution in [1.29, 1.82) is 0 Å². The minimum Gasteiger partial charge on any atom is -0.378 e. The molecule has 0 aliphatic rings. The van der Waals surface area contributed by atoms with E-state index in [1.165, 1.54) is 0 Å². The van der Waals surface area contributed by atoms with Crippen molar-refractivity contribution in [2.45, 2.75) is 13.5 Å². The Balaban J connectivity index is 2.07. The highest BCUT2D eigenvalue weighted by Crippen LogP contribution is 2.31. The fourth-order valence-corrected chi connectivity index (χ4v) is 1.89. The molecule has 0 fully saturated rings. The summed E-state index contributed by atoms with van der Waals surface area (Å²) in [5, 5.41) is 18.3. The lowest BCUT2D eigenvalue weighted by Crippen LogP contribution is -2.14. The van der Waals surface area contributed by atoms with Crippen LogP contribution in [0, 0.1) is 17.0 Å². The Morgan fingerprint density at radius 3 is 2.80 bits per heavy atom. The first kappa shape index (κ1) is 13.8. The number of aryl methyl sites for hydroxylation is 1. The van der Waals surface area contributed by atoms with Crippen molar-refractivity contribution >= 4 is 17.1 Å². The molecule has 1 aromatic carbocycles. The minimum atomic E-state index is -0.463. The Hall–Kier alpha value is -2.61. The number of rotatable bonds is 6. The maximum Gasteiger partial charge on any atom is 0.316 e. The molecular formula is C12H16N6O2. The first-order chi connectivity index (χ1) is 9.61. The number of anilines is 2. The van der Waals surface area contributed by atoms with Gasteiger partial charge in [0.2, 0.25) is 0 Å². The molecule has 0 aliphatic heterocycles. The average Bonchev–Trinajstić information content (AvgIpc) is 2.83. The molecule has 20 heavy (non-hydrogen) atoms. The summed E-state index contributed by atoms with van der Waals surface area (Å²) in [6, 6.07) is 4.90. The number of benzene rings is 1.